The van der Waals surface area contributed by atoms with Gasteiger partial charge in [0.2, 0.25) is 5.91 Å². The van der Waals surface area contributed by atoms with Crippen LogP contribution in [-0.4, -0.2) is 66.4 Å². The first-order chi connectivity index (χ1) is 11.6. The van der Waals surface area contributed by atoms with Crippen molar-refractivity contribution in [3.05, 3.63) is 42.0 Å². The first kappa shape index (κ1) is 15.9. The van der Waals surface area contributed by atoms with Crippen molar-refractivity contribution in [2.24, 2.45) is 0 Å². The number of rotatable bonds is 3. The van der Waals surface area contributed by atoms with Crippen LogP contribution < -0.4 is 0 Å². The van der Waals surface area contributed by atoms with Crippen LogP contribution in [0.1, 0.15) is 36.4 Å². The van der Waals surface area contributed by atoms with Crippen LogP contribution in [0.5, 0.6) is 0 Å². The molecule has 4 rings (SSSR count). The number of amides is 1. The number of piperazine rings is 1. The zero-order valence-electron chi connectivity index (χ0n) is 14.6. The predicted octanol–water partition coefficient (Wildman–Crippen LogP) is 2.38. The second kappa shape index (κ2) is 6.34. The van der Waals surface area contributed by atoms with E-state index in [0.29, 0.717) is 18.4 Å². The van der Waals surface area contributed by atoms with Crippen LogP contribution in [-0.2, 0) is 4.79 Å². The molecule has 1 aromatic carbocycles. The van der Waals surface area contributed by atoms with Gasteiger partial charge in [-0.15, -0.1) is 0 Å². The van der Waals surface area contributed by atoms with Crippen LogP contribution in [0.2, 0.25) is 0 Å². The van der Waals surface area contributed by atoms with Crippen molar-refractivity contribution in [1.82, 2.24) is 14.7 Å². The van der Waals surface area contributed by atoms with Gasteiger partial charge in [-0.1, -0.05) is 30.8 Å². The quantitative estimate of drug-likeness (QED) is 0.854. The lowest BCUT2D eigenvalue weighted by Crippen LogP contribution is -2.48. The molecule has 0 radical (unpaired) electrons. The SMILES string of the molecule is C=C1CN(C2CC2)C(CC(=O)N2CCN(C)CC2)c2ccccc21. The second-order valence-corrected chi connectivity index (χ2v) is 7.50. The van der Waals surface area contributed by atoms with Crippen LogP contribution in [0.25, 0.3) is 5.57 Å². The fourth-order valence-corrected chi connectivity index (χ4v) is 4.07. The van der Waals surface area contributed by atoms with Gasteiger partial charge in [0.15, 0.2) is 0 Å². The standard InChI is InChI=1S/C20H27N3O/c1-15-14-23(16-7-8-16)19(18-6-4-3-5-17(15)18)13-20(24)22-11-9-21(2)10-12-22/h3-6,16,19H,1,7-14H2,2H3. The number of carbonyl (C=O) groups is 1. The zero-order valence-corrected chi connectivity index (χ0v) is 14.6. The van der Waals surface area contributed by atoms with Gasteiger partial charge in [0, 0.05) is 51.2 Å². The van der Waals surface area contributed by atoms with E-state index in [1.807, 2.05) is 0 Å². The highest BCUT2D eigenvalue weighted by atomic mass is 16.2. The van der Waals surface area contributed by atoms with Gasteiger partial charge in [0.25, 0.3) is 0 Å². The summed E-state index contributed by atoms with van der Waals surface area (Å²) in [6, 6.07) is 9.38. The fraction of sp³-hybridized carbons (Fsp3) is 0.550. The zero-order chi connectivity index (χ0) is 16.7. The highest BCUT2D eigenvalue weighted by Crippen LogP contribution is 2.43. The summed E-state index contributed by atoms with van der Waals surface area (Å²) < 4.78 is 0. The van der Waals surface area contributed by atoms with Crippen molar-refractivity contribution in [2.75, 3.05) is 39.8 Å². The molecule has 4 heteroatoms. The molecule has 2 heterocycles. The summed E-state index contributed by atoms with van der Waals surface area (Å²) in [5.74, 6) is 0.307. The molecule has 3 aliphatic rings. The van der Waals surface area contributed by atoms with E-state index in [1.165, 1.54) is 29.5 Å². The Labute approximate surface area is 144 Å². The topological polar surface area (TPSA) is 26.8 Å². The molecular weight excluding hydrogens is 298 g/mol. The third-order valence-electron chi connectivity index (χ3n) is 5.71. The first-order valence-corrected chi connectivity index (χ1v) is 9.12. The molecule has 1 amide bonds. The minimum absolute atomic E-state index is 0.214. The summed E-state index contributed by atoms with van der Waals surface area (Å²) >= 11 is 0. The number of hydrogen-bond acceptors (Lipinski definition) is 3. The number of carbonyl (C=O) groups excluding carboxylic acids is 1. The maximum absolute atomic E-state index is 12.9. The summed E-state index contributed by atoms with van der Waals surface area (Å²) in [5.41, 5.74) is 3.74. The highest BCUT2D eigenvalue weighted by molar-refractivity contribution is 5.79. The van der Waals surface area contributed by atoms with Crippen molar-refractivity contribution in [3.63, 3.8) is 0 Å². The van der Waals surface area contributed by atoms with E-state index in [0.717, 1.165) is 32.7 Å². The van der Waals surface area contributed by atoms with Crippen molar-refractivity contribution in [2.45, 2.75) is 31.3 Å². The van der Waals surface area contributed by atoms with Crippen molar-refractivity contribution in [1.29, 1.82) is 0 Å². The third kappa shape index (κ3) is 3.01. The van der Waals surface area contributed by atoms with Gasteiger partial charge in [0.1, 0.15) is 0 Å². The van der Waals surface area contributed by atoms with E-state index in [-0.39, 0.29) is 6.04 Å². The Morgan fingerprint density at radius 1 is 1.17 bits per heavy atom. The molecule has 2 aliphatic heterocycles. The largest absolute Gasteiger partial charge is 0.340 e. The van der Waals surface area contributed by atoms with Gasteiger partial charge in [-0.25, -0.2) is 0 Å². The van der Waals surface area contributed by atoms with Crippen LogP contribution in [0.3, 0.4) is 0 Å². The summed E-state index contributed by atoms with van der Waals surface area (Å²) in [5, 5.41) is 0. The maximum Gasteiger partial charge on any atom is 0.224 e. The lowest BCUT2D eigenvalue weighted by molar-refractivity contribution is -0.134. The summed E-state index contributed by atoms with van der Waals surface area (Å²) in [4.78, 5) is 19.8. The second-order valence-electron chi connectivity index (χ2n) is 7.50. The van der Waals surface area contributed by atoms with Gasteiger partial charge in [-0.05, 0) is 36.6 Å². The predicted molar refractivity (Wildman–Crippen MR) is 96.6 cm³/mol. The number of hydrogen-bond donors (Lipinski definition) is 0. The molecule has 2 fully saturated rings. The van der Waals surface area contributed by atoms with Crippen LogP contribution in [0, 0.1) is 0 Å². The Hall–Kier alpha value is -1.65. The lowest BCUT2D eigenvalue weighted by atomic mass is 9.87. The van der Waals surface area contributed by atoms with E-state index in [2.05, 4.69) is 52.6 Å². The monoisotopic (exact) mass is 325 g/mol. The van der Waals surface area contributed by atoms with Gasteiger partial charge >= 0.3 is 0 Å². The van der Waals surface area contributed by atoms with E-state index in [1.54, 1.807) is 0 Å². The van der Waals surface area contributed by atoms with E-state index >= 15 is 0 Å². The van der Waals surface area contributed by atoms with Crippen LogP contribution in [0.4, 0.5) is 0 Å². The molecule has 1 unspecified atom stereocenters. The number of nitrogens with zero attached hydrogens (tertiary/aromatic N) is 3. The van der Waals surface area contributed by atoms with Crippen LogP contribution >= 0.6 is 0 Å². The van der Waals surface area contributed by atoms with Gasteiger partial charge in [0.05, 0.1) is 0 Å². The third-order valence-corrected chi connectivity index (χ3v) is 5.71. The summed E-state index contributed by atoms with van der Waals surface area (Å²) in [7, 11) is 2.12. The van der Waals surface area contributed by atoms with Gasteiger partial charge < -0.3 is 9.80 Å². The minimum atomic E-state index is 0.214. The molecule has 0 N–H and O–H groups in total. The van der Waals surface area contributed by atoms with E-state index < -0.39 is 0 Å². The molecule has 0 bridgehead atoms. The van der Waals surface area contributed by atoms with Gasteiger partial charge in [-0.3, -0.25) is 9.69 Å². The Kier molecular flexibility index (Phi) is 4.19. The van der Waals surface area contributed by atoms with Crippen molar-refractivity contribution in [3.8, 4) is 0 Å². The normalized spacial score (nSPS) is 25.6. The molecule has 1 aromatic rings. The Bertz CT molecular complexity index is 644. The Morgan fingerprint density at radius 3 is 2.58 bits per heavy atom. The molecule has 1 saturated carbocycles. The molecule has 1 aliphatic carbocycles. The molecular formula is C20H27N3O. The molecule has 128 valence electrons. The molecule has 1 atom stereocenters. The molecule has 1 saturated heterocycles. The average molecular weight is 325 g/mol. The highest BCUT2D eigenvalue weighted by Gasteiger charge is 2.40. The van der Waals surface area contributed by atoms with Crippen molar-refractivity contribution < 1.29 is 4.79 Å². The first-order valence-electron chi connectivity index (χ1n) is 9.12. The number of likely N-dealkylation sites (N-methyl/N-ethyl adjacent to an activating group) is 1. The molecule has 0 aromatic heterocycles. The van der Waals surface area contributed by atoms with E-state index in [4.69, 9.17) is 0 Å². The van der Waals surface area contributed by atoms with Crippen molar-refractivity contribution >= 4 is 11.5 Å². The lowest BCUT2D eigenvalue weighted by Gasteiger charge is -2.40. The molecule has 24 heavy (non-hydrogen) atoms. The maximum atomic E-state index is 12.9. The molecule has 0 spiro atoms. The molecule has 4 nitrogen and oxygen atoms in total. The van der Waals surface area contributed by atoms with Gasteiger partial charge in [-0.2, -0.15) is 0 Å². The number of benzene rings is 1. The Balaban J connectivity index is 1.56. The summed E-state index contributed by atoms with van der Waals surface area (Å²) in [6.45, 7) is 8.88. The summed E-state index contributed by atoms with van der Waals surface area (Å²) in [6.07, 6.45) is 3.12. The van der Waals surface area contributed by atoms with Crippen LogP contribution in [0.15, 0.2) is 30.8 Å². The Morgan fingerprint density at radius 2 is 1.88 bits per heavy atom. The van der Waals surface area contributed by atoms with E-state index in [9.17, 15) is 4.79 Å². The number of fused-ring (bicyclic) bond motifs is 1. The smallest absolute Gasteiger partial charge is 0.224 e. The minimum Gasteiger partial charge on any atom is -0.340 e. The average Bonchev–Trinajstić information content (AvgIpc) is 3.43. The fourth-order valence-electron chi connectivity index (χ4n) is 4.07.